The standard InChI is InChI=1S/C19H21FN2O3S/c20-18-9-2-1-6-15(18)10-11-19(23)21-16-7-5-8-17(14-16)22-12-3-4-13-26(22,24)25/h1-2,5-9,14H,3-4,10-13H2,(H,21,23). The summed E-state index contributed by atoms with van der Waals surface area (Å²) in [5.74, 6) is -0.420. The molecule has 1 aliphatic rings. The lowest BCUT2D eigenvalue weighted by Crippen LogP contribution is -2.37. The number of carbonyl (C=O) groups is 1. The number of hydrogen-bond acceptors (Lipinski definition) is 3. The van der Waals surface area contributed by atoms with Gasteiger partial charge in [0.05, 0.1) is 11.4 Å². The molecule has 138 valence electrons. The quantitative estimate of drug-likeness (QED) is 0.870. The zero-order chi connectivity index (χ0) is 18.6. The van der Waals surface area contributed by atoms with Crippen molar-refractivity contribution in [3.63, 3.8) is 0 Å². The normalized spacial score (nSPS) is 16.3. The van der Waals surface area contributed by atoms with Crippen molar-refractivity contribution in [3.05, 3.63) is 59.9 Å². The molecule has 2 aromatic rings. The van der Waals surface area contributed by atoms with Crippen LogP contribution in [0.3, 0.4) is 0 Å². The highest BCUT2D eigenvalue weighted by Gasteiger charge is 2.26. The third-order valence-electron chi connectivity index (χ3n) is 4.35. The van der Waals surface area contributed by atoms with Gasteiger partial charge in [-0.05, 0) is 49.1 Å². The zero-order valence-electron chi connectivity index (χ0n) is 14.3. The summed E-state index contributed by atoms with van der Waals surface area (Å²) >= 11 is 0. The number of aryl methyl sites for hydroxylation is 1. The molecule has 1 amide bonds. The van der Waals surface area contributed by atoms with Crippen LogP contribution in [0.25, 0.3) is 0 Å². The fraction of sp³-hybridized carbons (Fsp3) is 0.316. The first-order chi connectivity index (χ1) is 12.5. The molecule has 0 radical (unpaired) electrons. The average Bonchev–Trinajstić information content (AvgIpc) is 2.61. The molecule has 1 N–H and O–H groups in total. The monoisotopic (exact) mass is 376 g/mol. The van der Waals surface area contributed by atoms with Crippen molar-refractivity contribution in [2.24, 2.45) is 0 Å². The van der Waals surface area contributed by atoms with Crippen molar-refractivity contribution in [1.29, 1.82) is 0 Å². The van der Waals surface area contributed by atoms with Gasteiger partial charge in [-0.1, -0.05) is 24.3 Å². The number of rotatable bonds is 5. The van der Waals surface area contributed by atoms with E-state index in [0.29, 0.717) is 36.3 Å². The molecule has 26 heavy (non-hydrogen) atoms. The molecule has 0 bridgehead atoms. The van der Waals surface area contributed by atoms with Crippen LogP contribution in [0.5, 0.6) is 0 Å². The summed E-state index contributed by atoms with van der Waals surface area (Å²) in [6, 6.07) is 13.2. The molecule has 0 spiro atoms. The van der Waals surface area contributed by atoms with Crippen LogP contribution in [-0.4, -0.2) is 26.6 Å². The van der Waals surface area contributed by atoms with Crippen LogP contribution in [0.1, 0.15) is 24.8 Å². The number of hydrogen-bond donors (Lipinski definition) is 1. The summed E-state index contributed by atoms with van der Waals surface area (Å²) in [4.78, 5) is 12.1. The van der Waals surface area contributed by atoms with E-state index >= 15 is 0 Å². The lowest BCUT2D eigenvalue weighted by atomic mass is 10.1. The van der Waals surface area contributed by atoms with Crippen molar-refractivity contribution >= 4 is 27.3 Å². The average molecular weight is 376 g/mol. The van der Waals surface area contributed by atoms with Gasteiger partial charge in [0.2, 0.25) is 15.9 Å². The van der Waals surface area contributed by atoms with Crippen LogP contribution in [0.4, 0.5) is 15.8 Å². The maximum absolute atomic E-state index is 13.6. The molecule has 5 nitrogen and oxygen atoms in total. The lowest BCUT2D eigenvalue weighted by molar-refractivity contribution is -0.116. The van der Waals surface area contributed by atoms with Crippen LogP contribution in [0.15, 0.2) is 48.5 Å². The second kappa shape index (κ2) is 7.86. The summed E-state index contributed by atoms with van der Waals surface area (Å²) in [6.07, 6.45) is 1.94. The van der Waals surface area contributed by atoms with E-state index in [1.54, 1.807) is 42.5 Å². The maximum atomic E-state index is 13.6. The highest BCUT2D eigenvalue weighted by atomic mass is 32.2. The molecular formula is C19H21FN2O3S. The summed E-state index contributed by atoms with van der Waals surface area (Å²) in [5, 5.41) is 2.76. The van der Waals surface area contributed by atoms with Crippen molar-refractivity contribution < 1.29 is 17.6 Å². The Hall–Kier alpha value is -2.41. The van der Waals surface area contributed by atoms with Crippen LogP contribution in [0, 0.1) is 5.82 Å². The highest BCUT2D eigenvalue weighted by molar-refractivity contribution is 7.92. The van der Waals surface area contributed by atoms with Gasteiger partial charge >= 0.3 is 0 Å². The summed E-state index contributed by atoms with van der Waals surface area (Å²) < 4.78 is 39.4. The largest absolute Gasteiger partial charge is 0.326 e. The predicted octanol–water partition coefficient (Wildman–Crippen LogP) is 3.33. The molecule has 0 aromatic heterocycles. The lowest BCUT2D eigenvalue weighted by Gasteiger charge is -2.28. The van der Waals surface area contributed by atoms with E-state index in [1.165, 1.54) is 10.4 Å². The molecule has 0 unspecified atom stereocenters. The molecule has 1 fully saturated rings. The second-order valence-corrected chi connectivity index (χ2v) is 8.30. The molecule has 0 saturated carbocycles. The summed E-state index contributed by atoms with van der Waals surface area (Å²) in [6.45, 7) is 0.451. The number of halogens is 1. The van der Waals surface area contributed by atoms with Gasteiger partial charge in [0, 0.05) is 18.7 Å². The third-order valence-corrected chi connectivity index (χ3v) is 6.22. The van der Waals surface area contributed by atoms with Gasteiger partial charge in [0.25, 0.3) is 0 Å². The Bertz CT molecular complexity index is 899. The van der Waals surface area contributed by atoms with Crippen molar-refractivity contribution in [2.45, 2.75) is 25.7 Å². The van der Waals surface area contributed by atoms with Gasteiger partial charge in [0.1, 0.15) is 5.82 Å². The molecule has 0 aliphatic carbocycles. The Morgan fingerprint density at radius 3 is 2.69 bits per heavy atom. The third kappa shape index (κ3) is 4.40. The van der Waals surface area contributed by atoms with Gasteiger partial charge in [-0.3, -0.25) is 9.10 Å². The molecule has 7 heteroatoms. The van der Waals surface area contributed by atoms with E-state index in [1.807, 2.05) is 0 Å². The summed E-state index contributed by atoms with van der Waals surface area (Å²) in [7, 11) is -3.29. The molecule has 0 atom stereocenters. The molecular weight excluding hydrogens is 355 g/mol. The van der Waals surface area contributed by atoms with Gasteiger partial charge in [0.15, 0.2) is 0 Å². The molecule has 1 saturated heterocycles. The van der Waals surface area contributed by atoms with Crippen LogP contribution < -0.4 is 9.62 Å². The van der Waals surface area contributed by atoms with Crippen molar-refractivity contribution in [1.82, 2.24) is 0 Å². The second-order valence-electron chi connectivity index (χ2n) is 6.29. The smallest absolute Gasteiger partial charge is 0.235 e. The SMILES string of the molecule is O=C(CCc1ccccc1F)Nc1cccc(N2CCCCS2(=O)=O)c1. The topological polar surface area (TPSA) is 66.5 Å². The van der Waals surface area contributed by atoms with E-state index in [9.17, 15) is 17.6 Å². The minimum absolute atomic E-state index is 0.145. The first-order valence-electron chi connectivity index (χ1n) is 8.59. The van der Waals surface area contributed by atoms with Crippen molar-refractivity contribution in [2.75, 3.05) is 21.9 Å². The van der Waals surface area contributed by atoms with E-state index in [0.717, 1.165) is 6.42 Å². The van der Waals surface area contributed by atoms with Gasteiger partial charge in [-0.25, -0.2) is 12.8 Å². The van der Waals surface area contributed by atoms with E-state index in [-0.39, 0.29) is 23.9 Å². The maximum Gasteiger partial charge on any atom is 0.235 e. The molecule has 2 aromatic carbocycles. The minimum atomic E-state index is -3.29. The zero-order valence-corrected chi connectivity index (χ0v) is 15.1. The van der Waals surface area contributed by atoms with Crippen LogP contribution >= 0.6 is 0 Å². The highest BCUT2D eigenvalue weighted by Crippen LogP contribution is 2.26. The number of sulfonamides is 1. The number of nitrogens with one attached hydrogen (secondary N) is 1. The van der Waals surface area contributed by atoms with Gasteiger partial charge in [-0.2, -0.15) is 0 Å². The summed E-state index contributed by atoms with van der Waals surface area (Å²) in [5.41, 5.74) is 1.58. The first-order valence-corrected chi connectivity index (χ1v) is 10.2. The predicted molar refractivity (Wildman–Crippen MR) is 100 cm³/mol. The Morgan fingerprint density at radius 1 is 1.12 bits per heavy atom. The molecule has 3 rings (SSSR count). The number of benzene rings is 2. The Morgan fingerprint density at radius 2 is 1.92 bits per heavy atom. The number of nitrogens with zero attached hydrogens (tertiary/aromatic N) is 1. The van der Waals surface area contributed by atoms with E-state index < -0.39 is 10.0 Å². The Labute approximate surface area is 152 Å². The minimum Gasteiger partial charge on any atom is -0.326 e. The fourth-order valence-corrected chi connectivity index (χ4v) is 4.62. The van der Waals surface area contributed by atoms with Crippen LogP contribution in [0.2, 0.25) is 0 Å². The van der Waals surface area contributed by atoms with Crippen molar-refractivity contribution in [3.8, 4) is 0 Å². The first kappa shape index (κ1) is 18.4. The Balaban J connectivity index is 1.65. The number of amides is 1. The van der Waals surface area contributed by atoms with E-state index in [2.05, 4.69) is 5.32 Å². The molecule has 1 aliphatic heterocycles. The Kier molecular flexibility index (Phi) is 5.56. The fourth-order valence-electron chi connectivity index (χ4n) is 2.99. The van der Waals surface area contributed by atoms with Gasteiger partial charge < -0.3 is 5.32 Å². The van der Waals surface area contributed by atoms with Crippen LogP contribution in [-0.2, 0) is 21.2 Å². The van der Waals surface area contributed by atoms with E-state index in [4.69, 9.17) is 0 Å². The number of carbonyl (C=O) groups excluding carboxylic acids is 1. The van der Waals surface area contributed by atoms with Gasteiger partial charge in [-0.15, -0.1) is 0 Å². The number of anilines is 2. The molecule has 1 heterocycles.